The van der Waals surface area contributed by atoms with Gasteiger partial charge in [0.15, 0.2) is 0 Å². The van der Waals surface area contributed by atoms with E-state index in [1.807, 2.05) is 0 Å². The van der Waals surface area contributed by atoms with Crippen molar-refractivity contribution in [3.63, 3.8) is 0 Å². The number of nitrogens with zero attached hydrogens (tertiary/aromatic N) is 1. The lowest BCUT2D eigenvalue weighted by Gasteiger charge is -2.26. The monoisotopic (exact) mass is 531 g/mol. The summed E-state index contributed by atoms with van der Waals surface area (Å²) in [6.45, 7) is 30.1. The van der Waals surface area contributed by atoms with Crippen LogP contribution in [0.4, 0.5) is 0 Å². The van der Waals surface area contributed by atoms with Gasteiger partial charge in [0, 0.05) is 16.5 Å². The van der Waals surface area contributed by atoms with Crippen molar-refractivity contribution in [3.05, 3.63) is 54.6 Å². The molecule has 0 atom stereocenters. The summed E-state index contributed by atoms with van der Waals surface area (Å²) in [5, 5.41) is 9.40. The standard InChI is InChI=1S/C30H45NSi4/c1-32(2,3)23-18-25-26-19-24(33(4,5)6)21-28(35(10,11)12)30(26)31(22-16-14-13-15-17-22)29(25)27(20-23)34(7,8)9/h13-21H,1-12H3. The molecule has 0 amide bonds. The van der Waals surface area contributed by atoms with E-state index in [1.54, 1.807) is 20.7 Å². The number of para-hydroxylation sites is 1. The maximum atomic E-state index is 2.66. The molecule has 5 heteroatoms. The number of rotatable bonds is 5. The van der Waals surface area contributed by atoms with Crippen molar-refractivity contribution < 1.29 is 0 Å². The van der Waals surface area contributed by atoms with Gasteiger partial charge in [0.05, 0.1) is 43.3 Å². The van der Waals surface area contributed by atoms with Gasteiger partial charge in [-0.2, -0.15) is 0 Å². The van der Waals surface area contributed by atoms with Crippen molar-refractivity contribution in [3.8, 4) is 5.69 Å². The summed E-state index contributed by atoms with van der Waals surface area (Å²) in [5.74, 6) is 0. The predicted octanol–water partition coefficient (Wildman–Crippen LogP) is 6.96. The molecule has 0 saturated heterocycles. The summed E-state index contributed by atoms with van der Waals surface area (Å²) >= 11 is 0. The molecule has 0 spiro atoms. The largest absolute Gasteiger partial charge is 0.309 e. The molecule has 0 aliphatic heterocycles. The van der Waals surface area contributed by atoms with Crippen molar-refractivity contribution in [1.29, 1.82) is 0 Å². The SMILES string of the molecule is C[Si](C)(C)c1cc([Si](C)(C)C)c2c(c1)c1cc([Si](C)(C)C)cc([Si](C)(C)C)c1n2-c1ccccc1. The summed E-state index contributed by atoms with van der Waals surface area (Å²) in [5.41, 5.74) is 4.24. The summed E-state index contributed by atoms with van der Waals surface area (Å²) < 4.78 is 2.66. The molecule has 3 aromatic carbocycles. The molecule has 0 radical (unpaired) electrons. The van der Waals surface area contributed by atoms with E-state index in [2.05, 4.69) is 138 Å². The minimum atomic E-state index is -1.63. The van der Waals surface area contributed by atoms with Crippen molar-refractivity contribution >= 4 is 74.8 Å². The van der Waals surface area contributed by atoms with Crippen LogP contribution >= 0.6 is 0 Å². The van der Waals surface area contributed by atoms with E-state index in [0.29, 0.717) is 0 Å². The molecule has 0 N–H and O–H groups in total. The molecule has 1 nitrogen and oxygen atoms in total. The lowest BCUT2D eigenvalue weighted by molar-refractivity contribution is 1.19. The van der Waals surface area contributed by atoms with Crippen LogP contribution < -0.4 is 20.7 Å². The average Bonchev–Trinajstić information content (AvgIpc) is 3.04. The van der Waals surface area contributed by atoms with E-state index in [1.165, 1.54) is 27.5 Å². The maximum Gasteiger partial charge on any atom is 0.0803 e. The van der Waals surface area contributed by atoms with E-state index in [-0.39, 0.29) is 0 Å². The van der Waals surface area contributed by atoms with Gasteiger partial charge in [-0.25, -0.2) is 0 Å². The van der Waals surface area contributed by atoms with Crippen LogP contribution in [0.3, 0.4) is 0 Å². The summed E-state index contributed by atoms with van der Waals surface area (Å²) in [4.78, 5) is 0. The van der Waals surface area contributed by atoms with Gasteiger partial charge in [-0.05, 0) is 22.5 Å². The highest BCUT2D eigenvalue weighted by molar-refractivity contribution is 6.94. The topological polar surface area (TPSA) is 4.93 Å². The third-order valence-corrected chi connectivity index (χ3v) is 15.4. The Morgan fingerprint density at radius 2 is 0.829 bits per heavy atom. The fraction of sp³-hybridized carbons (Fsp3) is 0.400. The highest BCUT2D eigenvalue weighted by atomic mass is 28.3. The van der Waals surface area contributed by atoms with E-state index in [0.717, 1.165) is 0 Å². The van der Waals surface area contributed by atoms with E-state index < -0.39 is 32.3 Å². The summed E-state index contributed by atoms with van der Waals surface area (Å²) in [6.07, 6.45) is 0. The number of hydrogen-bond donors (Lipinski definition) is 0. The van der Waals surface area contributed by atoms with Gasteiger partial charge in [0.1, 0.15) is 0 Å². The minimum absolute atomic E-state index is 1.30. The smallest absolute Gasteiger partial charge is 0.0803 e. The first kappa shape index (κ1) is 26.4. The molecule has 4 aromatic rings. The van der Waals surface area contributed by atoms with Gasteiger partial charge in [0.2, 0.25) is 0 Å². The highest BCUT2D eigenvalue weighted by Gasteiger charge is 2.32. The van der Waals surface area contributed by atoms with Crippen LogP contribution in [0.25, 0.3) is 27.5 Å². The third-order valence-electron chi connectivity index (χ3n) is 7.32. The Kier molecular flexibility index (Phi) is 6.36. The molecular formula is C30H45NSi4. The molecule has 0 fully saturated rings. The lowest BCUT2D eigenvalue weighted by atomic mass is 10.1. The van der Waals surface area contributed by atoms with Gasteiger partial charge < -0.3 is 4.57 Å². The molecular weight excluding hydrogens is 487 g/mol. The van der Waals surface area contributed by atoms with E-state index >= 15 is 0 Å². The Balaban J connectivity index is 2.39. The summed E-state index contributed by atoms with van der Waals surface area (Å²) in [6, 6.07) is 21.6. The number of hydrogen-bond acceptors (Lipinski definition) is 0. The fourth-order valence-electron chi connectivity index (χ4n) is 5.12. The zero-order valence-electron chi connectivity index (χ0n) is 24.1. The molecule has 0 aliphatic carbocycles. The van der Waals surface area contributed by atoms with Crippen molar-refractivity contribution in [1.82, 2.24) is 4.57 Å². The fourth-order valence-corrected chi connectivity index (χ4v) is 10.8. The summed E-state index contributed by atoms with van der Waals surface area (Å²) in [7, 11) is -6.23. The minimum Gasteiger partial charge on any atom is -0.309 e. The molecule has 186 valence electrons. The van der Waals surface area contributed by atoms with Gasteiger partial charge in [-0.1, -0.05) is 131 Å². The molecule has 1 aromatic heterocycles. The van der Waals surface area contributed by atoms with Crippen LogP contribution in [0.1, 0.15) is 0 Å². The van der Waals surface area contributed by atoms with Crippen molar-refractivity contribution in [2.75, 3.05) is 0 Å². The average molecular weight is 532 g/mol. The van der Waals surface area contributed by atoms with Crippen LogP contribution in [0.5, 0.6) is 0 Å². The predicted molar refractivity (Wildman–Crippen MR) is 173 cm³/mol. The van der Waals surface area contributed by atoms with Crippen LogP contribution in [-0.2, 0) is 0 Å². The normalized spacial score (nSPS) is 13.7. The second-order valence-electron chi connectivity index (χ2n) is 14.5. The van der Waals surface area contributed by atoms with Crippen LogP contribution in [0.2, 0.25) is 78.6 Å². The third kappa shape index (κ3) is 4.85. The Bertz CT molecular complexity index is 1310. The molecule has 0 unspecified atom stereocenters. The highest BCUT2D eigenvalue weighted by Crippen LogP contribution is 2.33. The van der Waals surface area contributed by atoms with Gasteiger partial charge in [0.25, 0.3) is 0 Å². The van der Waals surface area contributed by atoms with Gasteiger partial charge in [-0.3, -0.25) is 0 Å². The first-order valence-electron chi connectivity index (χ1n) is 13.1. The molecule has 4 rings (SSSR count). The van der Waals surface area contributed by atoms with E-state index in [4.69, 9.17) is 0 Å². The molecule has 0 saturated carbocycles. The van der Waals surface area contributed by atoms with Gasteiger partial charge >= 0.3 is 0 Å². The molecule has 35 heavy (non-hydrogen) atoms. The second-order valence-corrected chi connectivity index (χ2v) is 34.7. The van der Waals surface area contributed by atoms with Crippen LogP contribution in [0, 0.1) is 0 Å². The first-order valence-corrected chi connectivity index (χ1v) is 27.1. The Labute approximate surface area is 217 Å². The number of aromatic nitrogens is 1. The quantitative estimate of drug-likeness (QED) is 0.245. The zero-order valence-corrected chi connectivity index (χ0v) is 28.1. The second kappa shape index (κ2) is 8.44. The Morgan fingerprint density at radius 1 is 0.457 bits per heavy atom. The van der Waals surface area contributed by atoms with Crippen LogP contribution in [-0.4, -0.2) is 36.9 Å². The van der Waals surface area contributed by atoms with Crippen molar-refractivity contribution in [2.45, 2.75) is 78.6 Å². The van der Waals surface area contributed by atoms with Gasteiger partial charge in [-0.15, -0.1) is 0 Å². The molecule has 0 bridgehead atoms. The Hall–Kier alpha value is -1.67. The molecule has 1 heterocycles. The first-order chi connectivity index (χ1) is 15.9. The van der Waals surface area contributed by atoms with Crippen LogP contribution in [0.15, 0.2) is 54.6 Å². The zero-order chi connectivity index (χ0) is 26.1. The number of fused-ring (bicyclic) bond motifs is 3. The lowest BCUT2D eigenvalue weighted by Crippen LogP contribution is -2.46. The molecule has 0 aliphatic rings. The Morgan fingerprint density at radius 3 is 1.14 bits per heavy atom. The number of benzene rings is 3. The van der Waals surface area contributed by atoms with E-state index in [9.17, 15) is 0 Å². The van der Waals surface area contributed by atoms with Crippen molar-refractivity contribution in [2.24, 2.45) is 0 Å². The maximum absolute atomic E-state index is 2.66.